The summed E-state index contributed by atoms with van der Waals surface area (Å²) in [5, 5.41) is 2.65. The first-order valence-electron chi connectivity index (χ1n) is 9.92. The summed E-state index contributed by atoms with van der Waals surface area (Å²) in [5.74, 6) is -0.585. The Labute approximate surface area is 176 Å². The van der Waals surface area contributed by atoms with Gasteiger partial charge in [-0.1, -0.05) is 18.6 Å². The molecule has 2 aromatic rings. The molecular formula is C22H25FN2O4S. The number of carbonyl (C=O) groups is 1. The largest absolute Gasteiger partial charge is 0.492 e. The Bertz CT molecular complexity index is 1030. The van der Waals surface area contributed by atoms with Gasteiger partial charge in [0.25, 0.3) is 0 Å². The Morgan fingerprint density at radius 2 is 1.93 bits per heavy atom. The van der Waals surface area contributed by atoms with Gasteiger partial charge in [-0.05, 0) is 61.7 Å². The Morgan fingerprint density at radius 1 is 1.17 bits per heavy atom. The van der Waals surface area contributed by atoms with E-state index < -0.39 is 21.7 Å². The zero-order valence-electron chi connectivity index (χ0n) is 16.8. The van der Waals surface area contributed by atoms with Crippen molar-refractivity contribution in [3.63, 3.8) is 0 Å². The summed E-state index contributed by atoms with van der Waals surface area (Å²) in [6, 6.07) is 10.4. The molecule has 0 aromatic heterocycles. The first-order valence-corrected chi connectivity index (χ1v) is 11.4. The maximum Gasteiger partial charge on any atom is 0.248 e. The lowest BCUT2D eigenvalue weighted by molar-refractivity contribution is -0.111. The van der Waals surface area contributed by atoms with E-state index in [0.717, 1.165) is 19.3 Å². The van der Waals surface area contributed by atoms with Crippen molar-refractivity contribution in [3.8, 4) is 5.75 Å². The summed E-state index contributed by atoms with van der Waals surface area (Å²) in [4.78, 5) is 12.3. The molecule has 2 aromatic carbocycles. The van der Waals surface area contributed by atoms with Crippen LogP contribution in [0.5, 0.6) is 5.75 Å². The molecule has 0 unspecified atom stereocenters. The molecular weight excluding hydrogens is 407 g/mol. The van der Waals surface area contributed by atoms with Gasteiger partial charge in [0.05, 0.1) is 6.61 Å². The summed E-state index contributed by atoms with van der Waals surface area (Å²) in [7, 11) is -3.74. The van der Waals surface area contributed by atoms with Crippen LogP contribution in [0.15, 0.2) is 53.4 Å². The second-order valence-electron chi connectivity index (χ2n) is 6.94. The summed E-state index contributed by atoms with van der Waals surface area (Å²) in [5.41, 5.74) is 0.883. The number of hydrogen-bond donors (Lipinski definition) is 1. The van der Waals surface area contributed by atoms with Crippen molar-refractivity contribution in [1.29, 1.82) is 0 Å². The van der Waals surface area contributed by atoms with E-state index >= 15 is 0 Å². The maximum absolute atomic E-state index is 13.2. The summed E-state index contributed by atoms with van der Waals surface area (Å²) in [6.45, 7) is 3.05. The molecule has 1 aliphatic rings. The predicted molar refractivity (Wildman–Crippen MR) is 114 cm³/mol. The highest BCUT2D eigenvalue weighted by Crippen LogP contribution is 2.31. The van der Waals surface area contributed by atoms with Gasteiger partial charge in [-0.15, -0.1) is 0 Å². The highest BCUT2D eigenvalue weighted by atomic mass is 32.2. The van der Waals surface area contributed by atoms with E-state index in [1.165, 1.54) is 34.7 Å². The lowest BCUT2D eigenvalue weighted by atomic mass is 10.2. The molecule has 0 atom stereocenters. The molecule has 1 saturated heterocycles. The van der Waals surface area contributed by atoms with Gasteiger partial charge in [0.1, 0.15) is 16.5 Å². The number of carbonyl (C=O) groups excluding carboxylic acids is 1. The Kier molecular flexibility index (Phi) is 7.23. The third-order valence-electron chi connectivity index (χ3n) is 4.72. The van der Waals surface area contributed by atoms with Crippen molar-refractivity contribution in [1.82, 2.24) is 4.31 Å². The van der Waals surface area contributed by atoms with Crippen molar-refractivity contribution in [2.45, 2.75) is 31.1 Å². The average Bonchev–Trinajstić information content (AvgIpc) is 2.74. The molecule has 0 spiro atoms. The number of ether oxygens (including phenoxy) is 1. The molecule has 0 aliphatic carbocycles. The lowest BCUT2D eigenvalue weighted by Crippen LogP contribution is -2.35. The fourth-order valence-electron chi connectivity index (χ4n) is 3.27. The topological polar surface area (TPSA) is 75.7 Å². The van der Waals surface area contributed by atoms with Gasteiger partial charge < -0.3 is 10.1 Å². The number of nitrogens with zero attached hydrogens (tertiary/aromatic N) is 1. The second kappa shape index (κ2) is 9.86. The van der Waals surface area contributed by atoms with Gasteiger partial charge >= 0.3 is 0 Å². The van der Waals surface area contributed by atoms with Gasteiger partial charge in [-0.25, -0.2) is 12.8 Å². The SMILES string of the molecule is CCOc1ccc(NC(=O)/C=C/c2cccc(F)c2)cc1S(=O)(=O)N1CCCCC1. The van der Waals surface area contributed by atoms with Crippen molar-refractivity contribution in [3.05, 3.63) is 59.9 Å². The molecule has 1 aliphatic heterocycles. The number of rotatable bonds is 7. The van der Waals surface area contributed by atoms with Crippen molar-refractivity contribution in [2.24, 2.45) is 0 Å². The van der Waals surface area contributed by atoms with Gasteiger partial charge in [0.15, 0.2) is 0 Å². The van der Waals surface area contributed by atoms with Crippen LogP contribution in [-0.2, 0) is 14.8 Å². The lowest BCUT2D eigenvalue weighted by Gasteiger charge is -2.26. The molecule has 1 amide bonds. The number of piperidine rings is 1. The molecule has 160 valence electrons. The third kappa shape index (κ3) is 5.46. The molecule has 0 radical (unpaired) electrons. The number of sulfonamides is 1. The number of halogens is 1. The Morgan fingerprint density at radius 3 is 2.63 bits per heavy atom. The average molecular weight is 433 g/mol. The molecule has 1 N–H and O–H groups in total. The first-order chi connectivity index (χ1) is 14.4. The molecule has 1 heterocycles. The van der Waals surface area contributed by atoms with E-state index in [1.807, 2.05) is 0 Å². The quantitative estimate of drug-likeness (QED) is 0.670. The molecule has 0 bridgehead atoms. The molecule has 0 saturated carbocycles. The standard InChI is InChI=1S/C22H25FN2O4S/c1-2-29-20-11-10-19(16-21(20)30(27,28)25-13-4-3-5-14-25)24-22(26)12-9-17-7-6-8-18(23)15-17/h6-12,15-16H,2-5,13-14H2,1H3,(H,24,26)/b12-9+. The predicted octanol–water partition coefficient (Wildman–Crippen LogP) is 4.05. The fraction of sp³-hybridized carbons (Fsp3) is 0.318. The summed E-state index contributed by atoms with van der Waals surface area (Å²) >= 11 is 0. The number of hydrogen-bond acceptors (Lipinski definition) is 4. The maximum atomic E-state index is 13.2. The van der Waals surface area contributed by atoms with E-state index in [0.29, 0.717) is 30.9 Å². The monoisotopic (exact) mass is 432 g/mol. The van der Waals surface area contributed by atoms with Gasteiger partial charge in [0, 0.05) is 24.9 Å². The van der Waals surface area contributed by atoms with E-state index in [9.17, 15) is 17.6 Å². The highest BCUT2D eigenvalue weighted by Gasteiger charge is 2.29. The zero-order chi connectivity index (χ0) is 21.6. The van der Waals surface area contributed by atoms with Crippen LogP contribution in [0.3, 0.4) is 0 Å². The molecule has 30 heavy (non-hydrogen) atoms. The van der Waals surface area contributed by atoms with E-state index in [1.54, 1.807) is 31.2 Å². The second-order valence-corrected chi connectivity index (χ2v) is 8.84. The van der Waals surface area contributed by atoms with Crippen LogP contribution in [0, 0.1) is 5.82 Å². The minimum Gasteiger partial charge on any atom is -0.492 e. The summed E-state index contributed by atoms with van der Waals surface area (Å²) < 4.78 is 46.5. The van der Waals surface area contributed by atoms with E-state index in [-0.39, 0.29) is 10.6 Å². The first kappa shape index (κ1) is 22.0. The van der Waals surface area contributed by atoms with Crippen LogP contribution in [-0.4, -0.2) is 38.3 Å². The smallest absolute Gasteiger partial charge is 0.248 e. The van der Waals surface area contributed by atoms with Crippen molar-refractivity contribution >= 4 is 27.7 Å². The number of nitrogens with one attached hydrogen (secondary N) is 1. The van der Waals surface area contributed by atoms with Gasteiger partial charge in [-0.3, -0.25) is 4.79 Å². The summed E-state index contributed by atoms with van der Waals surface area (Å²) in [6.07, 6.45) is 5.41. The van der Waals surface area contributed by atoms with Crippen LogP contribution in [0.25, 0.3) is 6.08 Å². The van der Waals surface area contributed by atoms with Crippen molar-refractivity contribution < 1.29 is 22.3 Å². The van der Waals surface area contributed by atoms with Crippen molar-refractivity contribution in [2.75, 3.05) is 25.0 Å². The Balaban J connectivity index is 1.82. The van der Waals surface area contributed by atoms with E-state index in [2.05, 4.69) is 5.32 Å². The minimum atomic E-state index is -3.74. The van der Waals surface area contributed by atoms with Crippen LogP contribution < -0.4 is 10.1 Å². The van der Waals surface area contributed by atoms with E-state index in [4.69, 9.17) is 4.74 Å². The van der Waals surface area contributed by atoms with Crippen LogP contribution in [0.2, 0.25) is 0 Å². The van der Waals surface area contributed by atoms with Gasteiger partial charge in [-0.2, -0.15) is 4.31 Å². The molecule has 8 heteroatoms. The third-order valence-corrected chi connectivity index (χ3v) is 6.64. The minimum absolute atomic E-state index is 0.0400. The van der Waals surface area contributed by atoms with Gasteiger partial charge in [0.2, 0.25) is 15.9 Å². The normalized spacial score (nSPS) is 15.3. The fourth-order valence-corrected chi connectivity index (χ4v) is 4.95. The number of amides is 1. The molecule has 1 fully saturated rings. The Hall–Kier alpha value is -2.71. The zero-order valence-corrected chi connectivity index (χ0v) is 17.6. The highest BCUT2D eigenvalue weighted by molar-refractivity contribution is 7.89. The number of anilines is 1. The van der Waals surface area contributed by atoms with Crippen LogP contribution >= 0.6 is 0 Å². The number of benzene rings is 2. The molecule has 3 rings (SSSR count). The molecule has 6 nitrogen and oxygen atoms in total. The van der Waals surface area contributed by atoms with Crippen LogP contribution in [0.4, 0.5) is 10.1 Å². The van der Waals surface area contributed by atoms with Crippen LogP contribution in [0.1, 0.15) is 31.7 Å².